The third-order valence-corrected chi connectivity index (χ3v) is 3.26. The molecule has 5 heteroatoms. The quantitative estimate of drug-likeness (QED) is 0.666. The van der Waals surface area contributed by atoms with Crippen LogP contribution in [-0.4, -0.2) is 4.92 Å². The summed E-state index contributed by atoms with van der Waals surface area (Å²) in [4.78, 5) is 10.7. The molecule has 0 aliphatic rings. The molecule has 5 nitrogen and oxygen atoms in total. The first kappa shape index (κ1) is 15.0. The SMILES string of the molecule is CCc1ccc(Oc2ccc(C(C)N)cc2)c([N+](=O)[O-])c1. The molecule has 0 radical (unpaired) electrons. The van der Waals surface area contributed by atoms with Crippen molar-refractivity contribution in [1.82, 2.24) is 0 Å². The van der Waals surface area contributed by atoms with Crippen LogP contribution in [0.5, 0.6) is 11.5 Å². The van der Waals surface area contributed by atoms with E-state index in [1.54, 1.807) is 24.3 Å². The minimum Gasteiger partial charge on any atom is -0.450 e. The standard InChI is InChI=1S/C16H18N2O3/c1-3-12-4-9-16(15(10-12)18(19)20)21-14-7-5-13(6-8-14)11(2)17/h4-11H,3,17H2,1-2H3. The minimum atomic E-state index is -0.426. The number of hydrogen-bond acceptors (Lipinski definition) is 4. The molecule has 0 bridgehead atoms. The summed E-state index contributed by atoms with van der Waals surface area (Å²) >= 11 is 0. The van der Waals surface area contributed by atoms with Crippen LogP contribution in [0.1, 0.15) is 31.0 Å². The highest BCUT2D eigenvalue weighted by Gasteiger charge is 2.16. The van der Waals surface area contributed by atoms with Gasteiger partial charge in [0.1, 0.15) is 5.75 Å². The number of nitrogens with two attached hydrogens (primary N) is 1. The van der Waals surface area contributed by atoms with Gasteiger partial charge in [0, 0.05) is 12.1 Å². The van der Waals surface area contributed by atoms with E-state index in [0.29, 0.717) is 5.75 Å². The number of benzene rings is 2. The summed E-state index contributed by atoms with van der Waals surface area (Å²) in [5.41, 5.74) is 7.65. The molecule has 0 spiro atoms. The van der Waals surface area contributed by atoms with Gasteiger partial charge in [-0.1, -0.05) is 25.1 Å². The van der Waals surface area contributed by atoms with Gasteiger partial charge in [0.2, 0.25) is 5.75 Å². The predicted molar refractivity (Wildman–Crippen MR) is 81.6 cm³/mol. The monoisotopic (exact) mass is 286 g/mol. The van der Waals surface area contributed by atoms with Gasteiger partial charge >= 0.3 is 5.69 Å². The maximum Gasteiger partial charge on any atom is 0.311 e. The van der Waals surface area contributed by atoms with Crippen LogP contribution in [0.15, 0.2) is 42.5 Å². The molecule has 2 aromatic carbocycles. The first-order valence-electron chi connectivity index (χ1n) is 6.82. The Bertz CT molecular complexity index is 636. The van der Waals surface area contributed by atoms with Crippen LogP contribution in [0.3, 0.4) is 0 Å². The van der Waals surface area contributed by atoms with Crippen molar-refractivity contribution in [2.24, 2.45) is 5.73 Å². The highest BCUT2D eigenvalue weighted by Crippen LogP contribution is 2.32. The highest BCUT2D eigenvalue weighted by atomic mass is 16.6. The Labute approximate surface area is 123 Å². The van der Waals surface area contributed by atoms with Crippen molar-refractivity contribution in [2.45, 2.75) is 26.3 Å². The molecule has 110 valence electrons. The van der Waals surface area contributed by atoms with E-state index in [-0.39, 0.29) is 17.5 Å². The zero-order chi connectivity index (χ0) is 15.4. The van der Waals surface area contributed by atoms with Crippen molar-refractivity contribution in [3.63, 3.8) is 0 Å². The maximum absolute atomic E-state index is 11.1. The molecule has 21 heavy (non-hydrogen) atoms. The number of nitrogens with zero attached hydrogens (tertiary/aromatic N) is 1. The zero-order valence-corrected chi connectivity index (χ0v) is 12.1. The Hall–Kier alpha value is -2.40. The largest absolute Gasteiger partial charge is 0.450 e. The number of aryl methyl sites for hydroxylation is 1. The van der Waals surface area contributed by atoms with Crippen LogP contribution in [0.2, 0.25) is 0 Å². The summed E-state index contributed by atoms with van der Waals surface area (Å²) in [6.45, 7) is 3.84. The Kier molecular flexibility index (Phi) is 4.55. The van der Waals surface area contributed by atoms with E-state index in [2.05, 4.69) is 0 Å². The average molecular weight is 286 g/mol. The molecule has 0 aliphatic heterocycles. The molecule has 1 unspecified atom stereocenters. The Morgan fingerprint density at radius 3 is 2.43 bits per heavy atom. The molecule has 2 rings (SSSR count). The molecular weight excluding hydrogens is 268 g/mol. The molecule has 0 aliphatic carbocycles. The van der Waals surface area contributed by atoms with Gasteiger partial charge in [0.25, 0.3) is 0 Å². The fourth-order valence-corrected chi connectivity index (χ4v) is 1.98. The summed E-state index contributed by atoms with van der Waals surface area (Å²) in [6.07, 6.45) is 0.740. The fraction of sp³-hybridized carbons (Fsp3) is 0.250. The van der Waals surface area contributed by atoms with Crippen molar-refractivity contribution in [3.05, 3.63) is 63.7 Å². The molecule has 2 aromatic rings. The molecule has 2 N–H and O–H groups in total. The van der Waals surface area contributed by atoms with Gasteiger partial charge in [-0.15, -0.1) is 0 Å². The Balaban J connectivity index is 2.28. The molecule has 0 fully saturated rings. The minimum absolute atomic E-state index is 0.0226. The Morgan fingerprint density at radius 1 is 1.24 bits per heavy atom. The van der Waals surface area contributed by atoms with Crippen LogP contribution in [0, 0.1) is 10.1 Å². The second-order valence-electron chi connectivity index (χ2n) is 4.87. The number of nitro benzene ring substituents is 1. The maximum atomic E-state index is 11.1. The molecular formula is C16H18N2O3. The molecule has 0 amide bonds. The summed E-state index contributed by atoms with van der Waals surface area (Å²) < 4.78 is 5.62. The molecule has 1 atom stereocenters. The normalized spacial score (nSPS) is 12.0. The second kappa shape index (κ2) is 6.37. The molecule has 0 aromatic heterocycles. The lowest BCUT2D eigenvalue weighted by molar-refractivity contribution is -0.385. The topological polar surface area (TPSA) is 78.4 Å². The van der Waals surface area contributed by atoms with Crippen molar-refractivity contribution >= 4 is 5.69 Å². The van der Waals surface area contributed by atoms with Crippen LogP contribution in [0.25, 0.3) is 0 Å². The number of hydrogen-bond donors (Lipinski definition) is 1. The number of nitro groups is 1. The molecule has 0 saturated carbocycles. The van der Waals surface area contributed by atoms with E-state index >= 15 is 0 Å². The van der Waals surface area contributed by atoms with Gasteiger partial charge < -0.3 is 10.5 Å². The summed E-state index contributed by atoms with van der Waals surface area (Å²) in [6, 6.07) is 12.2. The van der Waals surface area contributed by atoms with E-state index in [1.165, 1.54) is 0 Å². The molecule has 0 saturated heterocycles. The Morgan fingerprint density at radius 2 is 1.90 bits per heavy atom. The average Bonchev–Trinajstić information content (AvgIpc) is 2.48. The molecule has 0 heterocycles. The smallest absolute Gasteiger partial charge is 0.311 e. The van der Waals surface area contributed by atoms with Crippen LogP contribution >= 0.6 is 0 Å². The van der Waals surface area contributed by atoms with Crippen molar-refractivity contribution in [3.8, 4) is 11.5 Å². The van der Waals surface area contributed by atoms with Gasteiger partial charge in [-0.2, -0.15) is 0 Å². The van der Waals surface area contributed by atoms with Crippen LogP contribution in [0.4, 0.5) is 5.69 Å². The summed E-state index contributed by atoms with van der Waals surface area (Å²) in [5.74, 6) is 0.789. The van der Waals surface area contributed by atoms with E-state index in [1.807, 2.05) is 32.0 Å². The van der Waals surface area contributed by atoms with Crippen LogP contribution < -0.4 is 10.5 Å². The number of rotatable bonds is 5. The number of ether oxygens (including phenoxy) is 1. The van der Waals surface area contributed by atoms with Gasteiger partial charge in [-0.3, -0.25) is 10.1 Å². The van der Waals surface area contributed by atoms with Crippen molar-refractivity contribution in [1.29, 1.82) is 0 Å². The lowest BCUT2D eigenvalue weighted by atomic mass is 10.1. The third-order valence-electron chi connectivity index (χ3n) is 3.26. The highest BCUT2D eigenvalue weighted by molar-refractivity contribution is 5.50. The van der Waals surface area contributed by atoms with Gasteiger partial charge in [0.05, 0.1) is 4.92 Å². The van der Waals surface area contributed by atoms with Gasteiger partial charge in [0.15, 0.2) is 0 Å². The van der Waals surface area contributed by atoms with Crippen molar-refractivity contribution in [2.75, 3.05) is 0 Å². The summed E-state index contributed by atoms with van der Waals surface area (Å²) in [5, 5.41) is 11.1. The predicted octanol–water partition coefficient (Wildman–Crippen LogP) is 3.97. The first-order valence-corrected chi connectivity index (χ1v) is 6.82. The lowest BCUT2D eigenvalue weighted by Crippen LogP contribution is -2.04. The van der Waals surface area contributed by atoms with E-state index in [9.17, 15) is 10.1 Å². The first-order chi connectivity index (χ1) is 10.0. The third kappa shape index (κ3) is 3.58. The van der Waals surface area contributed by atoms with E-state index in [0.717, 1.165) is 17.5 Å². The summed E-state index contributed by atoms with van der Waals surface area (Å²) in [7, 11) is 0. The van der Waals surface area contributed by atoms with Gasteiger partial charge in [-0.25, -0.2) is 0 Å². The second-order valence-corrected chi connectivity index (χ2v) is 4.87. The lowest BCUT2D eigenvalue weighted by Gasteiger charge is -2.09. The van der Waals surface area contributed by atoms with Gasteiger partial charge in [-0.05, 0) is 42.7 Å². The van der Waals surface area contributed by atoms with Crippen LogP contribution in [-0.2, 0) is 6.42 Å². The van der Waals surface area contributed by atoms with E-state index in [4.69, 9.17) is 10.5 Å². The zero-order valence-electron chi connectivity index (χ0n) is 12.1. The van der Waals surface area contributed by atoms with E-state index < -0.39 is 4.92 Å². The van der Waals surface area contributed by atoms with Crippen molar-refractivity contribution < 1.29 is 9.66 Å². The fourth-order valence-electron chi connectivity index (χ4n) is 1.98.